The molecule has 5 heteroatoms. The van der Waals surface area contributed by atoms with Crippen LogP contribution in [0.15, 0.2) is 60.0 Å². The van der Waals surface area contributed by atoms with E-state index in [-0.39, 0.29) is 11.6 Å². The second-order valence-corrected chi connectivity index (χ2v) is 7.05. The molecule has 0 saturated carbocycles. The zero-order valence-corrected chi connectivity index (χ0v) is 16.1. The lowest BCUT2D eigenvalue weighted by Crippen LogP contribution is -2.17. The lowest BCUT2D eigenvalue weighted by Gasteiger charge is -2.13. The van der Waals surface area contributed by atoms with Gasteiger partial charge in [0.15, 0.2) is 5.78 Å². The van der Waals surface area contributed by atoms with Crippen LogP contribution in [0, 0.1) is 0 Å². The number of thiophene rings is 1. The second-order valence-electron chi connectivity index (χ2n) is 6.11. The molecule has 27 heavy (non-hydrogen) atoms. The smallest absolute Gasteiger partial charge is 0.206 e. The molecule has 2 aromatic carbocycles. The maximum absolute atomic E-state index is 13.0. The van der Waals surface area contributed by atoms with Crippen molar-refractivity contribution >= 4 is 22.9 Å². The van der Waals surface area contributed by atoms with Gasteiger partial charge in [-0.15, -0.1) is 11.3 Å². The van der Waals surface area contributed by atoms with Crippen LogP contribution in [-0.4, -0.2) is 31.8 Å². The van der Waals surface area contributed by atoms with Crippen LogP contribution in [0.4, 0.5) is 0 Å². The predicted octanol–water partition coefficient (Wildman–Crippen LogP) is 4.45. The maximum Gasteiger partial charge on any atom is 0.206 e. The van der Waals surface area contributed by atoms with Crippen molar-refractivity contribution in [1.82, 2.24) is 5.32 Å². The molecule has 0 radical (unpaired) electrons. The fourth-order valence-corrected chi connectivity index (χ4v) is 3.41. The zero-order chi connectivity index (χ0) is 19.2. The van der Waals surface area contributed by atoms with Gasteiger partial charge in [0.25, 0.3) is 0 Å². The Morgan fingerprint density at radius 1 is 1.04 bits per heavy atom. The number of hydrogen-bond acceptors (Lipinski definition) is 5. The lowest BCUT2D eigenvalue weighted by molar-refractivity contribution is 0.101. The van der Waals surface area contributed by atoms with Crippen molar-refractivity contribution in [2.45, 2.75) is 6.92 Å². The average molecular weight is 379 g/mol. The molecule has 0 fully saturated rings. The fraction of sp³-hybridized carbons (Fsp3) is 0.182. The maximum atomic E-state index is 13.0. The van der Waals surface area contributed by atoms with Crippen molar-refractivity contribution in [2.24, 2.45) is 0 Å². The lowest BCUT2D eigenvalue weighted by atomic mass is 9.98. The molecule has 0 spiro atoms. The summed E-state index contributed by atoms with van der Waals surface area (Å²) in [6.45, 7) is 2.71. The van der Waals surface area contributed by atoms with Crippen molar-refractivity contribution in [3.8, 4) is 16.9 Å². The zero-order valence-electron chi connectivity index (χ0n) is 15.3. The molecule has 0 aliphatic carbocycles. The second kappa shape index (κ2) is 8.75. The summed E-state index contributed by atoms with van der Waals surface area (Å²) in [6, 6.07) is 16.7. The third kappa shape index (κ3) is 4.51. The standard InChI is InChI=1S/C22H21NO3S/c1-15(24)16-5-3-6-17(13-16)18-8-9-20(26-11-10-23-2)19(14-18)22(25)21-7-4-12-27-21/h3-9,12-14,23H,10-11H2,1-2H3. The van der Waals surface area contributed by atoms with E-state index >= 15 is 0 Å². The molecule has 1 aromatic heterocycles. The number of Topliss-reactive ketones (excluding diaryl/α,β-unsaturated/α-hetero) is 1. The van der Waals surface area contributed by atoms with E-state index in [0.29, 0.717) is 34.9 Å². The van der Waals surface area contributed by atoms with Crippen LogP contribution in [0.3, 0.4) is 0 Å². The molecule has 0 saturated heterocycles. The van der Waals surface area contributed by atoms with Gasteiger partial charge in [0.1, 0.15) is 12.4 Å². The molecular weight excluding hydrogens is 358 g/mol. The van der Waals surface area contributed by atoms with E-state index in [4.69, 9.17) is 4.74 Å². The molecule has 1 N–H and O–H groups in total. The van der Waals surface area contributed by atoms with E-state index < -0.39 is 0 Å². The van der Waals surface area contributed by atoms with Gasteiger partial charge in [-0.05, 0) is 54.7 Å². The first-order chi connectivity index (χ1) is 13.1. The molecule has 0 aliphatic heterocycles. The van der Waals surface area contributed by atoms with E-state index in [1.165, 1.54) is 11.3 Å². The number of carbonyl (C=O) groups excluding carboxylic acids is 2. The summed E-state index contributed by atoms with van der Waals surface area (Å²) in [6.07, 6.45) is 0. The largest absolute Gasteiger partial charge is 0.491 e. The number of benzene rings is 2. The molecule has 4 nitrogen and oxygen atoms in total. The summed E-state index contributed by atoms with van der Waals surface area (Å²) in [5.41, 5.74) is 2.94. The summed E-state index contributed by atoms with van der Waals surface area (Å²) >= 11 is 1.41. The van der Waals surface area contributed by atoms with Gasteiger partial charge >= 0.3 is 0 Å². The molecular formula is C22H21NO3S. The van der Waals surface area contributed by atoms with E-state index in [9.17, 15) is 9.59 Å². The van der Waals surface area contributed by atoms with E-state index in [2.05, 4.69) is 5.32 Å². The highest BCUT2D eigenvalue weighted by molar-refractivity contribution is 7.12. The number of likely N-dealkylation sites (N-methyl/N-ethyl adjacent to an activating group) is 1. The first-order valence-corrected chi connectivity index (χ1v) is 9.59. The van der Waals surface area contributed by atoms with Crippen LogP contribution in [0.1, 0.15) is 32.5 Å². The number of hydrogen-bond donors (Lipinski definition) is 1. The third-order valence-corrected chi connectivity index (χ3v) is 5.05. The molecule has 138 valence electrons. The van der Waals surface area contributed by atoms with E-state index in [1.807, 2.05) is 61.0 Å². The highest BCUT2D eigenvalue weighted by atomic mass is 32.1. The van der Waals surface area contributed by atoms with Crippen molar-refractivity contribution in [2.75, 3.05) is 20.2 Å². The van der Waals surface area contributed by atoms with Crippen molar-refractivity contribution in [3.63, 3.8) is 0 Å². The Morgan fingerprint density at radius 2 is 1.85 bits per heavy atom. The summed E-state index contributed by atoms with van der Waals surface area (Å²) in [5.74, 6) is 0.517. The average Bonchev–Trinajstić information content (AvgIpc) is 3.23. The highest BCUT2D eigenvalue weighted by Crippen LogP contribution is 2.30. The van der Waals surface area contributed by atoms with Crippen LogP contribution in [-0.2, 0) is 0 Å². The van der Waals surface area contributed by atoms with Gasteiger partial charge in [-0.25, -0.2) is 0 Å². The molecule has 3 rings (SSSR count). The van der Waals surface area contributed by atoms with Gasteiger partial charge in [-0.1, -0.05) is 30.3 Å². The topological polar surface area (TPSA) is 55.4 Å². The molecule has 3 aromatic rings. The van der Waals surface area contributed by atoms with Crippen LogP contribution < -0.4 is 10.1 Å². The van der Waals surface area contributed by atoms with Gasteiger partial charge in [0.2, 0.25) is 5.78 Å². The number of rotatable bonds is 8. The first kappa shape index (κ1) is 19.0. The summed E-state index contributed by atoms with van der Waals surface area (Å²) < 4.78 is 5.82. The predicted molar refractivity (Wildman–Crippen MR) is 109 cm³/mol. The molecule has 0 amide bonds. The van der Waals surface area contributed by atoms with Crippen molar-refractivity contribution in [3.05, 3.63) is 76.0 Å². The fourth-order valence-electron chi connectivity index (χ4n) is 2.73. The third-order valence-electron chi connectivity index (χ3n) is 4.18. The minimum absolute atomic E-state index is 0.0127. The highest BCUT2D eigenvalue weighted by Gasteiger charge is 2.17. The van der Waals surface area contributed by atoms with Gasteiger partial charge in [-0.2, -0.15) is 0 Å². The molecule has 1 heterocycles. The Balaban J connectivity index is 2.02. The summed E-state index contributed by atoms with van der Waals surface area (Å²) in [4.78, 5) is 25.3. The monoisotopic (exact) mass is 379 g/mol. The Hall–Kier alpha value is -2.76. The normalized spacial score (nSPS) is 10.6. The van der Waals surface area contributed by atoms with Crippen molar-refractivity contribution in [1.29, 1.82) is 0 Å². The number of carbonyl (C=O) groups is 2. The Kier molecular flexibility index (Phi) is 6.16. The summed E-state index contributed by atoms with van der Waals surface area (Å²) in [5, 5.41) is 4.91. The number of nitrogens with one attached hydrogen (secondary N) is 1. The molecule has 0 bridgehead atoms. The van der Waals surface area contributed by atoms with Crippen LogP contribution in [0.2, 0.25) is 0 Å². The minimum Gasteiger partial charge on any atom is -0.491 e. The van der Waals surface area contributed by atoms with Crippen LogP contribution >= 0.6 is 11.3 Å². The van der Waals surface area contributed by atoms with Crippen LogP contribution in [0.25, 0.3) is 11.1 Å². The Morgan fingerprint density at radius 3 is 2.56 bits per heavy atom. The van der Waals surface area contributed by atoms with Crippen molar-refractivity contribution < 1.29 is 14.3 Å². The molecule has 0 unspecified atom stereocenters. The number of ketones is 2. The van der Waals surface area contributed by atoms with E-state index in [1.54, 1.807) is 13.0 Å². The number of ether oxygens (including phenoxy) is 1. The summed E-state index contributed by atoms with van der Waals surface area (Å²) in [7, 11) is 1.85. The van der Waals surface area contributed by atoms with Gasteiger partial charge in [-0.3, -0.25) is 9.59 Å². The molecule has 0 aliphatic rings. The first-order valence-electron chi connectivity index (χ1n) is 8.71. The SMILES string of the molecule is CNCCOc1ccc(-c2cccc(C(C)=O)c2)cc1C(=O)c1cccs1. The van der Waals surface area contributed by atoms with Gasteiger partial charge < -0.3 is 10.1 Å². The minimum atomic E-state index is -0.0611. The van der Waals surface area contributed by atoms with Crippen LogP contribution in [0.5, 0.6) is 5.75 Å². The van der Waals surface area contributed by atoms with Gasteiger partial charge in [0, 0.05) is 12.1 Å². The van der Waals surface area contributed by atoms with Gasteiger partial charge in [0.05, 0.1) is 10.4 Å². The molecule has 0 atom stereocenters. The Bertz CT molecular complexity index is 948. The van der Waals surface area contributed by atoms with E-state index in [0.717, 1.165) is 11.1 Å². The Labute approximate surface area is 162 Å². The quantitative estimate of drug-likeness (QED) is 0.464.